The highest BCUT2D eigenvalue weighted by Gasteiger charge is 2.11. The van der Waals surface area contributed by atoms with Crippen LogP contribution in [-0.4, -0.2) is 11.0 Å². The zero-order valence-corrected chi connectivity index (χ0v) is 15.0. The van der Waals surface area contributed by atoms with E-state index in [1.807, 2.05) is 69.3 Å². The molecule has 1 amide bonds. The molecular formula is C19H23N3OS. The summed E-state index contributed by atoms with van der Waals surface area (Å²) in [4.78, 5) is 12.0. The van der Waals surface area contributed by atoms with Crippen LogP contribution in [0.25, 0.3) is 0 Å². The molecule has 1 atom stereocenters. The van der Waals surface area contributed by atoms with E-state index in [2.05, 4.69) is 16.2 Å². The highest BCUT2D eigenvalue weighted by Crippen LogP contribution is 2.18. The summed E-state index contributed by atoms with van der Waals surface area (Å²) < 4.78 is 0. The minimum atomic E-state index is -0.100. The normalized spacial score (nSPS) is 11.5. The molecule has 0 aromatic heterocycles. The van der Waals surface area contributed by atoms with Crippen molar-refractivity contribution >= 4 is 28.9 Å². The van der Waals surface area contributed by atoms with Gasteiger partial charge in [0, 0.05) is 12.1 Å². The number of hydrogen-bond acceptors (Lipinski definition) is 2. The average molecular weight is 341 g/mol. The molecule has 0 radical (unpaired) electrons. The fourth-order valence-electron chi connectivity index (χ4n) is 2.40. The first-order valence-corrected chi connectivity index (χ1v) is 8.35. The third-order valence-corrected chi connectivity index (χ3v) is 4.23. The van der Waals surface area contributed by atoms with Crippen molar-refractivity contribution in [1.29, 1.82) is 0 Å². The topological polar surface area (TPSA) is 53.2 Å². The second-order valence-electron chi connectivity index (χ2n) is 5.89. The Hall–Kier alpha value is -2.40. The molecule has 5 heteroatoms. The number of hydrazine groups is 1. The van der Waals surface area contributed by atoms with Crippen LogP contribution in [0.3, 0.4) is 0 Å². The Morgan fingerprint density at radius 2 is 1.75 bits per heavy atom. The Morgan fingerprint density at radius 3 is 2.46 bits per heavy atom. The number of aryl methyl sites for hydroxylation is 1. The van der Waals surface area contributed by atoms with Crippen molar-refractivity contribution in [2.24, 2.45) is 0 Å². The number of benzene rings is 2. The van der Waals surface area contributed by atoms with Gasteiger partial charge in [0.1, 0.15) is 0 Å². The Labute approximate surface area is 148 Å². The van der Waals surface area contributed by atoms with E-state index < -0.39 is 0 Å². The van der Waals surface area contributed by atoms with Gasteiger partial charge in [-0.3, -0.25) is 15.6 Å². The Bertz CT molecular complexity index is 716. The van der Waals surface area contributed by atoms with Crippen LogP contribution in [0.1, 0.15) is 36.0 Å². The zero-order valence-electron chi connectivity index (χ0n) is 14.2. The summed E-state index contributed by atoms with van der Waals surface area (Å²) in [6.07, 6.45) is 0.392. The number of nitrogens with one attached hydrogen (secondary N) is 3. The molecule has 126 valence electrons. The van der Waals surface area contributed by atoms with E-state index in [1.54, 1.807) is 0 Å². The van der Waals surface area contributed by atoms with E-state index >= 15 is 0 Å². The first kappa shape index (κ1) is 17.9. The Kier molecular flexibility index (Phi) is 6.32. The summed E-state index contributed by atoms with van der Waals surface area (Å²) in [7, 11) is 0. The molecule has 0 aliphatic heterocycles. The molecular weight excluding hydrogens is 318 g/mol. The lowest BCUT2D eigenvalue weighted by atomic mass is 9.98. The van der Waals surface area contributed by atoms with Gasteiger partial charge < -0.3 is 5.32 Å². The smallest absolute Gasteiger partial charge is 0.238 e. The van der Waals surface area contributed by atoms with Crippen LogP contribution in [0.15, 0.2) is 48.5 Å². The van der Waals surface area contributed by atoms with Gasteiger partial charge >= 0.3 is 0 Å². The molecule has 0 fully saturated rings. The minimum absolute atomic E-state index is 0.100. The summed E-state index contributed by atoms with van der Waals surface area (Å²) in [5, 5.41) is 3.46. The first-order chi connectivity index (χ1) is 11.5. The van der Waals surface area contributed by atoms with Crippen molar-refractivity contribution in [3.05, 3.63) is 65.2 Å². The molecule has 0 heterocycles. The van der Waals surface area contributed by atoms with Crippen LogP contribution in [0.2, 0.25) is 0 Å². The molecule has 3 N–H and O–H groups in total. The van der Waals surface area contributed by atoms with Gasteiger partial charge in [0.15, 0.2) is 5.11 Å². The predicted molar refractivity (Wildman–Crippen MR) is 103 cm³/mol. The van der Waals surface area contributed by atoms with Crippen LogP contribution in [0.4, 0.5) is 5.69 Å². The van der Waals surface area contributed by atoms with E-state index in [0.717, 1.165) is 16.8 Å². The van der Waals surface area contributed by atoms with E-state index in [-0.39, 0.29) is 11.8 Å². The average Bonchev–Trinajstić information content (AvgIpc) is 2.58. The van der Waals surface area contributed by atoms with E-state index in [9.17, 15) is 4.79 Å². The number of rotatable bonds is 4. The molecule has 2 aromatic carbocycles. The van der Waals surface area contributed by atoms with Gasteiger partial charge in [-0.05, 0) is 54.7 Å². The Balaban J connectivity index is 1.81. The first-order valence-electron chi connectivity index (χ1n) is 7.94. The SMILES string of the molecule is Cc1cccc(NC(=S)NNC(=O)C[C@H](C)c2ccccc2)c1C. The van der Waals surface area contributed by atoms with Gasteiger partial charge in [-0.25, -0.2) is 0 Å². The van der Waals surface area contributed by atoms with E-state index in [0.29, 0.717) is 11.5 Å². The highest BCUT2D eigenvalue weighted by atomic mass is 32.1. The molecule has 0 spiro atoms. The lowest BCUT2D eigenvalue weighted by molar-refractivity contribution is -0.121. The summed E-state index contributed by atoms with van der Waals surface area (Å²) in [6.45, 7) is 6.10. The standard InChI is InChI=1S/C19H23N3OS/c1-13-8-7-11-17(15(13)3)20-19(24)22-21-18(23)12-14(2)16-9-5-4-6-10-16/h4-11,14H,12H2,1-3H3,(H,21,23)(H2,20,22,24)/t14-/m0/s1. The van der Waals surface area contributed by atoms with Gasteiger partial charge in [-0.2, -0.15) is 0 Å². The lowest BCUT2D eigenvalue weighted by Gasteiger charge is -2.16. The monoisotopic (exact) mass is 341 g/mol. The maximum absolute atomic E-state index is 12.0. The van der Waals surface area contributed by atoms with Gasteiger partial charge in [0.05, 0.1) is 0 Å². The third-order valence-electron chi connectivity index (χ3n) is 4.03. The van der Waals surface area contributed by atoms with Crippen molar-refractivity contribution in [3.8, 4) is 0 Å². The van der Waals surface area contributed by atoms with Crippen molar-refractivity contribution in [2.75, 3.05) is 5.32 Å². The summed E-state index contributed by atoms with van der Waals surface area (Å²) in [6, 6.07) is 15.9. The van der Waals surface area contributed by atoms with Crippen LogP contribution in [-0.2, 0) is 4.79 Å². The van der Waals surface area contributed by atoms with Crippen LogP contribution >= 0.6 is 12.2 Å². The zero-order chi connectivity index (χ0) is 17.5. The van der Waals surface area contributed by atoms with Gasteiger partial charge in [0.2, 0.25) is 5.91 Å². The molecule has 0 saturated heterocycles. The fraction of sp³-hybridized carbons (Fsp3) is 0.263. The molecule has 0 unspecified atom stereocenters. The van der Waals surface area contributed by atoms with Gasteiger partial charge in [-0.15, -0.1) is 0 Å². The Morgan fingerprint density at radius 1 is 1.04 bits per heavy atom. The fourth-order valence-corrected chi connectivity index (χ4v) is 2.56. The number of hydrogen-bond donors (Lipinski definition) is 3. The quantitative estimate of drug-likeness (QED) is 0.585. The van der Waals surface area contributed by atoms with Crippen molar-refractivity contribution in [2.45, 2.75) is 33.1 Å². The van der Waals surface area contributed by atoms with Crippen molar-refractivity contribution in [3.63, 3.8) is 0 Å². The third kappa shape index (κ3) is 5.06. The van der Waals surface area contributed by atoms with Gasteiger partial charge in [-0.1, -0.05) is 49.4 Å². The molecule has 4 nitrogen and oxygen atoms in total. The second-order valence-corrected chi connectivity index (χ2v) is 6.30. The number of carbonyl (C=O) groups is 1. The molecule has 0 aliphatic rings. The molecule has 0 bridgehead atoms. The second kappa shape index (κ2) is 8.45. The maximum Gasteiger partial charge on any atom is 0.238 e. The molecule has 0 saturated carbocycles. The highest BCUT2D eigenvalue weighted by molar-refractivity contribution is 7.80. The number of anilines is 1. The molecule has 2 rings (SSSR count). The molecule has 2 aromatic rings. The summed E-state index contributed by atoms with van der Waals surface area (Å²) in [5.74, 6) is 0.0463. The summed E-state index contributed by atoms with van der Waals surface area (Å²) in [5.41, 5.74) is 9.79. The van der Waals surface area contributed by atoms with Crippen LogP contribution < -0.4 is 16.2 Å². The maximum atomic E-state index is 12.0. The number of carbonyl (C=O) groups excluding carboxylic acids is 1. The predicted octanol–water partition coefficient (Wildman–Crippen LogP) is 3.81. The minimum Gasteiger partial charge on any atom is -0.331 e. The van der Waals surface area contributed by atoms with Crippen LogP contribution in [0.5, 0.6) is 0 Å². The molecule has 24 heavy (non-hydrogen) atoms. The number of thiocarbonyl (C=S) groups is 1. The summed E-state index contributed by atoms with van der Waals surface area (Å²) >= 11 is 5.23. The number of amides is 1. The van der Waals surface area contributed by atoms with E-state index in [1.165, 1.54) is 5.56 Å². The van der Waals surface area contributed by atoms with Crippen LogP contribution in [0, 0.1) is 13.8 Å². The van der Waals surface area contributed by atoms with Crippen molar-refractivity contribution < 1.29 is 4.79 Å². The molecule has 0 aliphatic carbocycles. The van der Waals surface area contributed by atoms with Gasteiger partial charge in [0.25, 0.3) is 0 Å². The largest absolute Gasteiger partial charge is 0.331 e. The lowest BCUT2D eigenvalue weighted by Crippen LogP contribution is -2.44. The van der Waals surface area contributed by atoms with Crippen molar-refractivity contribution in [1.82, 2.24) is 10.9 Å². The van der Waals surface area contributed by atoms with E-state index in [4.69, 9.17) is 12.2 Å².